The van der Waals surface area contributed by atoms with E-state index in [1.807, 2.05) is 6.07 Å². The van der Waals surface area contributed by atoms with Gasteiger partial charge in [-0.15, -0.1) is 0 Å². The van der Waals surface area contributed by atoms with Gasteiger partial charge in [-0.1, -0.05) is 38.5 Å². The van der Waals surface area contributed by atoms with Gasteiger partial charge < -0.3 is 5.32 Å². The van der Waals surface area contributed by atoms with Gasteiger partial charge in [0, 0.05) is 11.7 Å². The number of nitrogens with one attached hydrogen (secondary N) is 1. The zero-order valence-electron chi connectivity index (χ0n) is 14.5. The van der Waals surface area contributed by atoms with Gasteiger partial charge in [0.15, 0.2) is 0 Å². The Morgan fingerprint density at radius 2 is 1.86 bits per heavy atom. The Morgan fingerprint density at radius 3 is 2.45 bits per heavy atom. The van der Waals surface area contributed by atoms with E-state index in [1.165, 1.54) is 6.42 Å². The maximum Gasteiger partial charge on any atom is 0.241 e. The highest BCUT2D eigenvalue weighted by Gasteiger charge is 2.32. The van der Waals surface area contributed by atoms with Gasteiger partial charge >= 0.3 is 0 Å². The van der Waals surface area contributed by atoms with Crippen LogP contribution in [-0.4, -0.2) is 29.4 Å². The third kappa shape index (κ3) is 3.70. The Labute approximate surface area is 135 Å². The molecule has 3 nitrogen and oxygen atoms in total. The van der Waals surface area contributed by atoms with Crippen molar-refractivity contribution in [2.24, 2.45) is 0 Å². The van der Waals surface area contributed by atoms with E-state index in [9.17, 15) is 4.79 Å². The number of benzene rings is 1. The number of piperidine rings is 1. The van der Waals surface area contributed by atoms with E-state index in [0.29, 0.717) is 6.04 Å². The molecular weight excluding hydrogens is 272 g/mol. The first-order valence-corrected chi connectivity index (χ1v) is 8.71. The summed E-state index contributed by atoms with van der Waals surface area (Å²) in [4.78, 5) is 15.3. The lowest BCUT2D eigenvalue weighted by atomic mass is 9.96. The fourth-order valence-electron chi connectivity index (χ4n) is 3.65. The van der Waals surface area contributed by atoms with Crippen LogP contribution in [0.5, 0.6) is 0 Å². The molecule has 0 aliphatic carbocycles. The number of carbonyl (C=O) groups excluding carboxylic acids is 1. The second kappa shape index (κ2) is 7.77. The molecule has 0 unspecified atom stereocenters. The number of rotatable bonds is 5. The molecule has 1 N–H and O–H groups in total. The van der Waals surface area contributed by atoms with E-state index >= 15 is 0 Å². The maximum absolute atomic E-state index is 12.9. The monoisotopic (exact) mass is 302 g/mol. The number of aryl methyl sites for hydroxylation is 2. The van der Waals surface area contributed by atoms with Crippen LogP contribution in [0.15, 0.2) is 18.2 Å². The number of amides is 1. The summed E-state index contributed by atoms with van der Waals surface area (Å²) in [5, 5.41) is 3.20. The van der Waals surface area contributed by atoms with Crippen molar-refractivity contribution in [1.29, 1.82) is 0 Å². The summed E-state index contributed by atoms with van der Waals surface area (Å²) < 4.78 is 0. The molecule has 1 aliphatic heterocycles. The molecule has 1 amide bonds. The molecule has 122 valence electrons. The predicted octanol–water partition coefficient (Wildman–Crippen LogP) is 4.29. The van der Waals surface area contributed by atoms with E-state index < -0.39 is 0 Å². The van der Waals surface area contributed by atoms with Crippen molar-refractivity contribution >= 4 is 11.6 Å². The average molecular weight is 302 g/mol. The highest BCUT2D eigenvalue weighted by molar-refractivity contribution is 5.96. The zero-order valence-corrected chi connectivity index (χ0v) is 14.5. The Kier molecular flexibility index (Phi) is 6.01. The lowest BCUT2D eigenvalue weighted by Gasteiger charge is -2.40. The van der Waals surface area contributed by atoms with Gasteiger partial charge in [0.2, 0.25) is 5.91 Å². The van der Waals surface area contributed by atoms with Crippen LogP contribution in [0.4, 0.5) is 5.69 Å². The van der Waals surface area contributed by atoms with E-state index in [-0.39, 0.29) is 11.9 Å². The predicted molar refractivity (Wildman–Crippen MR) is 93.3 cm³/mol. The molecular formula is C19H30N2O. The average Bonchev–Trinajstić information content (AvgIpc) is 2.52. The Morgan fingerprint density at radius 1 is 1.23 bits per heavy atom. The number of likely N-dealkylation sites (tertiary alicyclic amines) is 1. The number of nitrogens with zero attached hydrogens (tertiary/aromatic N) is 1. The third-order valence-corrected chi connectivity index (χ3v) is 4.99. The smallest absolute Gasteiger partial charge is 0.241 e. The maximum atomic E-state index is 12.9. The number of para-hydroxylation sites is 1. The highest BCUT2D eigenvalue weighted by atomic mass is 16.2. The molecule has 1 atom stereocenters. The second-order valence-corrected chi connectivity index (χ2v) is 6.48. The van der Waals surface area contributed by atoms with E-state index in [4.69, 9.17) is 0 Å². The van der Waals surface area contributed by atoms with Crippen molar-refractivity contribution in [2.75, 3.05) is 11.9 Å². The highest BCUT2D eigenvalue weighted by Crippen LogP contribution is 2.25. The van der Waals surface area contributed by atoms with Gasteiger partial charge in [-0.05, 0) is 57.2 Å². The zero-order chi connectivity index (χ0) is 16.1. The quantitative estimate of drug-likeness (QED) is 0.880. The van der Waals surface area contributed by atoms with Crippen molar-refractivity contribution in [1.82, 2.24) is 4.90 Å². The van der Waals surface area contributed by atoms with Crippen LogP contribution in [0.25, 0.3) is 0 Å². The van der Waals surface area contributed by atoms with Crippen molar-refractivity contribution in [3.8, 4) is 0 Å². The van der Waals surface area contributed by atoms with E-state index in [1.54, 1.807) is 0 Å². The van der Waals surface area contributed by atoms with Gasteiger partial charge in [0.05, 0.1) is 6.04 Å². The summed E-state index contributed by atoms with van der Waals surface area (Å²) in [6.45, 7) is 9.62. The van der Waals surface area contributed by atoms with Crippen LogP contribution >= 0.6 is 0 Å². The molecule has 0 radical (unpaired) electrons. The summed E-state index contributed by atoms with van der Waals surface area (Å²) in [6, 6.07) is 6.70. The summed E-state index contributed by atoms with van der Waals surface area (Å²) in [6.07, 6.45) is 5.58. The molecule has 1 aliphatic rings. The SMILES string of the molecule is CCC(CC)N1CCCC[C@H]1C(=O)Nc1c(C)cccc1C. The number of hydrogen-bond donors (Lipinski definition) is 1. The topological polar surface area (TPSA) is 32.3 Å². The van der Waals surface area contributed by atoms with Gasteiger partial charge in [-0.2, -0.15) is 0 Å². The molecule has 1 saturated heterocycles. The Hall–Kier alpha value is -1.35. The minimum Gasteiger partial charge on any atom is -0.324 e. The number of anilines is 1. The lowest BCUT2D eigenvalue weighted by molar-refractivity contribution is -0.123. The molecule has 22 heavy (non-hydrogen) atoms. The molecule has 0 saturated carbocycles. The Balaban J connectivity index is 2.15. The second-order valence-electron chi connectivity index (χ2n) is 6.48. The van der Waals surface area contributed by atoms with Gasteiger partial charge in [-0.3, -0.25) is 9.69 Å². The van der Waals surface area contributed by atoms with E-state index in [2.05, 4.69) is 50.0 Å². The molecule has 2 rings (SSSR count). The molecule has 0 spiro atoms. The standard InChI is InChI=1S/C19H30N2O/c1-5-16(6-2)21-13-8-7-12-17(21)19(22)20-18-14(3)10-9-11-15(18)4/h9-11,16-17H,5-8,12-13H2,1-4H3,(H,20,22)/t17-/m0/s1. The minimum absolute atomic E-state index is 0.0256. The van der Waals surface area contributed by atoms with Crippen molar-refractivity contribution < 1.29 is 4.79 Å². The van der Waals surface area contributed by atoms with Crippen molar-refractivity contribution in [3.63, 3.8) is 0 Å². The minimum atomic E-state index is 0.0256. The molecule has 1 aromatic carbocycles. The largest absolute Gasteiger partial charge is 0.324 e. The number of carbonyl (C=O) groups is 1. The van der Waals surface area contributed by atoms with Gasteiger partial charge in [-0.25, -0.2) is 0 Å². The summed E-state index contributed by atoms with van der Waals surface area (Å²) in [5.74, 6) is 0.170. The molecule has 0 bridgehead atoms. The van der Waals surface area contributed by atoms with Gasteiger partial charge in [0.25, 0.3) is 0 Å². The fraction of sp³-hybridized carbons (Fsp3) is 0.632. The first-order valence-electron chi connectivity index (χ1n) is 8.71. The normalized spacial score (nSPS) is 19.4. The third-order valence-electron chi connectivity index (χ3n) is 4.99. The van der Waals surface area contributed by atoms with E-state index in [0.717, 1.165) is 49.0 Å². The molecule has 1 fully saturated rings. The van der Waals surface area contributed by atoms with Crippen LogP contribution in [-0.2, 0) is 4.79 Å². The Bertz CT molecular complexity index is 488. The molecule has 3 heteroatoms. The van der Waals surface area contributed by atoms with Crippen LogP contribution in [0.2, 0.25) is 0 Å². The van der Waals surface area contributed by atoms with Crippen LogP contribution in [0.1, 0.15) is 57.1 Å². The summed E-state index contributed by atoms with van der Waals surface area (Å²) in [5.41, 5.74) is 3.26. The lowest BCUT2D eigenvalue weighted by Crippen LogP contribution is -2.51. The van der Waals surface area contributed by atoms with Crippen molar-refractivity contribution in [2.45, 2.75) is 71.9 Å². The van der Waals surface area contributed by atoms with Crippen molar-refractivity contribution in [3.05, 3.63) is 29.3 Å². The fourth-order valence-corrected chi connectivity index (χ4v) is 3.65. The summed E-state index contributed by atoms with van der Waals surface area (Å²) >= 11 is 0. The number of hydrogen-bond acceptors (Lipinski definition) is 2. The summed E-state index contributed by atoms with van der Waals surface area (Å²) in [7, 11) is 0. The van der Waals surface area contributed by atoms with Crippen LogP contribution in [0, 0.1) is 13.8 Å². The molecule has 1 heterocycles. The molecule has 0 aromatic heterocycles. The first kappa shape index (κ1) is 17.0. The van der Waals surface area contributed by atoms with Gasteiger partial charge in [0.1, 0.15) is 0 Å². The first-order chi connectivity index (χ1) is 10.6. The van der Waals surface area contributed by atoms with Crippen LogP contribution < -0.4 is 5.32 Å². The molecule has 1 aromatic rings. The van der Waals surface area contributed by atoms with Crippen LogP contribution in [0.3, 0.4) is 0 Å².